The maximum Gasteiger partial charge on any atom is 0.119 e. The molecule has 0 saturated carbocycles. The Kier molecular flexibility index (Phi) is 3.84. The first-order chi connectivity index (χ1) is 10.2. The van der Waals surface area contributed by atoms with Crippen molar-refractivity contribution in [3.05, 3.63) is 71.9 Å². The normalized spacial score (nSPS) is 12.3. The van der Waals surface area contributed by atoms with Gasteiger partial charge in [0.25, 0.3) is 0 Å². The Bertz CT molecular complexity index is 741. The molecule has 0 amide bonds. The fraction of sp³-hybridized carbons (Fsp3) is 0.167. The second kappa shape index (κ2) is 5.94. The average molecular weight is 279 g/mol. The van der Waals surface area contributed by atoms with Gasteiger partial charge in [0.15, 0.2) is 0 Å². The van der Waals surface area contributed by atoms with E-state index in [9.17, 15) is 5.11 Å². The van der Waals surface area contributed by atoms with Crippen LogP contribution in [-0.4, -0.2) is 16.7 Å². The Morgan fingerprint density at radius 3 is 2.67 bits per heavy atom. The van der Waals surface area contributed by atoms with Gasteiger partial charge in [-0.15, -0.1) is 0 Å². The number of para-hydroxylation sites is 1. The van der Waals surface area contributed by atoms with Crippen molar-refractivity contribution in [2.75, 3.05) is 6.61 Å². The first kappa shape index (κ1) is 13.6. The topological polar surface area (TPSA) is 42.4 Å². The van der Waals surface area contributed by atoms with Crippen LogP contribution >= 0.6 is 0 Å². The molecule has 0 aliphatic heterocycles. The molecular weight excluding hydrogens is 262 g/mol. The molecule has 0 aliphatic carbocycles. The maximum absolute atomic E-state index is 10.3. The van der Waals surface area contributed by atoms with Crippen molar-refractivity contribution in [1.82, 2.24) is 4.98 Å². The molecule has 2 aromatic carbocycles. The van der Waals surface area contributed by atoms with Crippen molar-refractivity contribution in [3.63, 3.8) is 0 Å². The summed E-state index contributed by atoms with van der Waals surface area (Å²) in [5.74, 6) is 0.759. The fourth-order valence-corrected chi connectivity index (χ4v) is 2.24. The summed E-state index contributed by atoms with van der Waals surface area (Å²) in [5.41, 5.74) is 2.77. The predicted octanol–water partition coefficient (Wildman–Crippen LogP) is 3.66. The molecule has 0 saturated heterocycles. The van der Waals surface area contributed by atoms with Crippen LogP contribution in [0.5, 0.6) is 5.75 Å². The van der Waals surface area contributed by atoms with E-state index in [1.54, 1.807) is 0 Å². The number of nitrogens with zero attached hydrogens (tertiary/aromatic N) is 1. The van der Waals surface area contributed by atoms with E-state index in [0.717, 1.165) is 27.9 Å². The second-order valence-corrected chi connectivity index (χ2v) is 5.04. The number of hydrogen-bond donors (Lipinski definition) is 1. The molecule has 21 heavy (non-hydrogen) atoms. The van der Waals surface area contributed by atoms with Crippen molar-refractivity contribution in [1.29, 1.82) is 0 Å². The van der Waals surface area contributed by atoms with Crippen molar-refractivity contribution in [2.24, 2.45) is 0 Å². The minimum atomic E-state index is -0.657. The Morgan fingerprint density at radius 2 is 1.86 bits per heavy atom. The van der Waals surface area contributed by atoms with Gasteiger partial charge in [0.1, 0.15) is 18.5 Å². The van der Waals surface area contributed by atoms with Gasteiger partial charge in [0, 0.05) is 11.1 Å². The fourth-order valence-electron chi connectivity index (χ4n) is 2.24. The Morgan fingerprint density at radius 1 is 1.05 bits per heavy atom. The molecule has 1 heterocycles. The van der Waals surface area contributed by atoms with Crippen LogP contribution in [0.2, 0.25) is 0 Å². The zero-order valence-electron chi connectivity index (χ0n) is 11.9. The van der Waals surface area contributed by atoms with Gasteiger partial charge in [-0.05, 0) is 42.8 Å². The predicted molar refractivity (Wildman–Crippen MR) is 83.4 cm³/mol. The van der Waals surface area contributed by atoms with Gasteiger partial charge in [0.2, 0.25) is 0 Å². The zero-order chi connectivity index (χ0) is 14.7. The number of hydrogen-bond acceptors (Lipinski definition) is 3. The Labute approximate surface area is 123 Å². The summed E-state index contributed by atoms with van der Waals surface area (Å²) in [4.78, 5) is 4.46. The van der Waals surface area contributed by atoms with E-state index in [0.29, 0.717) is 0 Å². The van der Waals surface area contributed by atoms with Crippen molar-refractivity contribution in [3.8, 4) is 5.75 Å². The van der Waals surface area contributed by atoms with Gasteiger partial charge in [0.05, 0.1) is 5.52 Å². The van der Waals surface area contributed by atoms with Gasteiger partial charge >= 0.3 is 0 Å². The number of ether oxygens (including phenoxy) is 1. The third-order valence-corrected chi connectivity index (χ3v) is 3.39. The van der Waals surface area contributed by atoms with Crippen LogP contribution in [0, 0.1) is 6.92 Å². The summed E-state index contributed by atoms with van der Waals surface area (Å²) in [6.07, 6.45) is -0.657. The van der Waals surface area contributed by atoms with E-state index in [1.807, 2.05) is 67.6 Å². The summed E-state index contributed by atoms with van der Waals surface area (Å²) in [5, 5.41) is 11.3. The van der Waals surface area contributed by atoms with Gasteiger partial charge < -0.3 is 9.84 Å². The monoisotopic (exact) mass is 279 g/mol. The van der Waals surface area contributed by atoms with Crippen molar-refractivity contribution < 1.29 is 9.84 Å². The molecule has 1 N–H and O–H groups in total. The van der Waals surface area contributed by atoms with Crippen LogP contribution in [0.4, 0.5) is 0 Å². The zero-order valence-corrected chi connectivity index (χ0v) is 11.9. The Balaban J connectivity index is 1.75. The van der Waals surface area contributed by atoms with Gasteiger partial charge in [-0.3, -0.25) is 4.98 Å². The summed E-state index contributed by atoms with van der Waals surface area (Å²) in [6, 6.07) is 19.3. The lowest BCUT2D eigenvalue weighted by atomic mass is 10.1. The van der Waals surface area contributed by atoms with Crippen LogP contribution in [-0.2, 0) is 0 Å². The molecule has 3 rings (SSSR count). The summed E-state index contributed by atoms with van der Waals surface area (Å²) in [7, 11) is 0. The smallest absolute Gasteiger partial charge is 0.119 e. The minimum Gasteiger partial charge on any atom is -0.491 e. The minimum absolute atomic E-state index is 0.231. The number of aryl methyl sites for hydroxylation is 1. The number of aromatic nitrogens is 1. The molecule has 0 spiro atoms. The van der Waals surface area contributed by atoms with Gasteiger partial charge in [-0.2, -0.15) is 0 Å². The number of rotatable bonds is 4. The van der Waals surface area contributed by atoms with E-state index in [2.05, 4.69) is 4.98 Å². The molecule has 1 unspecified atom stereocenters. The highest BCUT2D eigenvalue weighted by atomic mass is 16.5. The lowest BCUT2D eigenvalue weighted by Crippen LogP contribution is -2.09. The highest BCUT2D eigenvalue weighted by molar-refractivity contribution is 5.79. The summed E-state index contributed by atoms with van der Waals surface area (Å²) < 4.78 is 5.59. The standard InChI is InChI=1S/C18H17NO2/c1-13-7-8-14-11-15(9-10-17(14)19-13)18(20)12-21-16-5-3-2-4-6-16/h2-11,18,20H,12H2,1H3. The molecule has 0 bridgehead atoms. The molecule has 0 fully saturated rings. The van der Waals surface area contributed by atoms with E-state index in [-0.39, 0.29) is 6.61 Å². The molecule has 3 nitrogen and oxygen atoms in total. The molecular formula is C18H17NO2. The largest absolute Gasteiger partial charge is 0.491 e. The molecule has 0 radical (unpaired) electrons. The van der Waals surface area contributed by atoms with Crippen molar-refractivity contribution in [2.45, 2.75) is 13.0 Å². The summed E-state index contributed by atoms with van der Waals surface area (Å²) in [6.45, 7) is 2.20. The van der Waals surface area contributed by atoms with Crippen LogP contribution < -0.4 is 4.74 Å². The van der Waals surface area contributed by atoms with E-state index < -0.39 is 6.10 Å². The van der Waals surface area contributed by atoms with E-state index in [1.165, 1.54) is 0 Å². The number of aliphatic hydroxyl groups excluding tert-OH is 1. The molecule has 0 aliphatic rings. The lowest BCUT2D eigenvalue weighted by Gasteiger charge is -2.13. The highest BCUT2D eigenvalue weighted by Gasteiger charge is 2.09. The third-order valence-electron chi connectivity index (χ3n) is 3.39. The van der Waals surface area contributed by atoms with Crippen LogP contribution in [0.1, 0.15) is 17.4 Å². The highest BCUT2D eigenvalue weighted by Crippen LogP contribution is 2.21. The molecule has 3 heteroatoms. The number of benzene rings is 2. The third kappa shape index (κ3) is 3.20. The Hall–Kier alpha value is -2.39. The molecule has 1 aromatic heterocycles. The van der Waals surface area contributed by atoms with Crippen LogP contribution in [0.25, 0.3) is 10.9 Å². The molecule has 1 atom stereocenters. The first-order valence-electron chi connectivity index (χ1n) is 6.95. The SMILES string of the molecule is Cc1ccc2cc(C(O)COc3ccccc3)ccc2n1. The van der Waals surface area contributed by atoms with E-state index >= 15 is 0 Å². The van der Waals surface area contributed by atoms with Gasteiger partial charge in [-0.1, -0.05) is 30.3 Å². The molecule has 3 aromatic rings. The maximum atomic E-state index is 10.3. The lowest BCUT2D eigenvalue weighted by molar-refractivity contribution is 0.108. The number of fused-ring (bicyclic) bond motifs is 1. The molecule has 106 valence electrons. The first-order valence-corrected chi connectivity index (χ1v) is 6.95. The van der Waals surface area contributed by atoms with Gasteiger partial charge in [-0.25, -0.2) is 0 Å². The van der Waals surface area contributed by atoms with Crippen LogP contribution in [0.3, 0.4) is 0 Å². The van der Waals surface area contributed by atoms with Crippen LogP contribution in [0.15, 0.2) is 60.7 Å². The second-order valence-electron chi connectivity index (χ2n) is 5.04. The van der Waals surface area contributed by atoms with Crippen molar-refractivity contribution >= 4 is 10.9 Å². The average Bonchev–Trinajstić information content (AvgIpc) is 2.53. The quantitative estimate of drug-likeness (QED) is 0.792. The summed E-state index contributed by atoms with van der Waals surface area (Å²) >= 11 is 0. The number of pyridine rings is 1. The number of aliphatic hydroxyl groups is 1. The van der Waals surface area contributed by atoms with E-state index in [4.69, 9.17) is 4.74 Å².